The zero-order valence-electron chi connectivity index (χ0n) is 14.4. The molecule has 1 aromatic carbocycles. The second-order valence-electron chi connectivity index (χ2n) is 5.78. The summed E-state index contributed by atoms with van der Waals surface area (Å²) in [7, 11) is 1.65. The SMILES string of the molecule is COc1ccccc1OCCN1CCOC(CNc2cccnn2)C1. The van der Waals surface area contributed by atoms with E-state index in [1.165, 1.54) is 0 Å². The highest BCUT2D eigenvalue weighted by Crippen LogP contribution is 2.25. The molecule has 0 amide bonds. The van der Waals surface area contributed by atoms with Crippen molar-refractivity contribution in [1.82, 2.24) is 15.1 Å². The summed E-state index contributed by atoms with van der Waals surface area (Å²) in [5.74, 6) is 2.30. The van der Waals surface area contributed by atoms with Gasteiger partial charge in [0, 0.05) is 32.4 Å². The molecule has 0 spiro atoms. The van der Waals surface area contributed by atoms with Gasteiger partial charge in [0.25, 0.3) is 0 Å². The van der Waals surface area contributed by atoms with Gasteiger partial charge in [-0.15, -0.1) is 5.10 Å². The molecule has 7 nitrogen and oxygen atoms in total. The van der Waals surface area contributed by atoms with E-state index in [0.717, 1.165) is 43.6 Å². The van der Waals surface area contributed by atoms with Gasteiger partial charge in [0.1, 0.15) is 12.4 Å². The third kappa shape index (κ3) is 5.30. The first kappa shape index (κ1) is 17.4. The smallest absolute Gasteiger partial charge is 0.161 e. The lowest BCUT2D eigenvalue weighted by molar-refractivity contribution is -0.0242. The number of hydrogen-bond donors (Lipinski definition) is 1. The molecule has 1 atom stereocenters. The van der Waals surface area contributed by atoms with E-state index >= 15 is 0 Å². The summed E-state index contributed by atoms with van der Waals surface area (Å²) in [6.45, 7) is 4.68. The topological polar surface area (TPSA) is 68.7 Å². The number of benzene rings is 1. The van der Waals surface area contributed by atoms with Crippen molar-refractivity contribution < 1.29 is 14.2 Å². The second kappa shape index (κ2) is 9.19. The molecule has 7 heteroatoms. The third-order valence-corrected chi connectivity index (χ3v) is 4.04. The van der Waals surface area contributed by atoms with Crippen LogP contribution < -0.4 is 14.8 Å². The highest BCUT2D eigenvalue weighted by Gasteiger charge is 2.20. The fraction of sp³-hybridized carbons (Fsp3) is 0.444. The minimum Gasteiger partial charge on any atom is -0.493 e. The van der Waals surface area contributed by atoms with E-state index in [2.05, 4.69) is 20.4 Å². The minimum atomic E-state index is 0.127. The van der Waals surface area contributed by atoms with Crippen LogP contribution in [0.4, 0.5) is 5.82 Å². The van der Waals surface area contributed by atoms with Crippen LogP contribution in [0.25, 0.3) is 0 Å². The number of morpholine rings is 1. The van der Waals surface area contributed by atoms with Gasteiger partial charge in [-0.2, -0.15) is 5.10 Å². The third-order valence-electron chi connectivity index (χ3n) is 4.04. The summed E-state index contributed by atoms with van der Waals surface area (Å²) in [5, 5.41) is 11.1. The minimum absolute atomic E-state index is 0.127. The maximum atomic E-state index is 5.85. The summed E-state index contributed by atoms with van der Waals surface area (Å²) in [6.07, 6.45) is 1.79. The van der Waals surface area contributed by atoms with Crippen molar-refractivity contribution in [3.63, 3.8) is 0 Å². The number of hydrogen-bond acceptors (Lipinski definition) is 7. The van der Waals surface area contributed by atoms with Crippen LogP contribution in [0.15, 0.2) is 42.6 Å². The maximum Gasteiger partial charge on any atom is 0.161 e. The summed E-state index contributed by atoms with van der Waals surface area (Å²) >= 11 is 0. The standard InChI is InChI=1S/C18H24N4O3/c1-23-16-5-2-3-6-17(16)25-12-10-22-9-11-24-15(14-22)13-19-18-7-4-8-20-21-18/h2-8,15H,9-14H2,1H3,(H,19,21). The molecule has 1 aromatic heterocycles. The molecule has 0 bridgehead atoms. The van der Waals surface area contributed by atoms with Gasteiger partial charge in [-0.05, 0) is 24.3 Å². The highest BCUT2D eigenvalue weighted by atomic mass is 16.5. The summed E-state index contributed by atoms with van der Waals surface area (Å²) < 4.78 is 17.0. The first-order valence-electron chi connectivity index (χ1n) is 8.46. The average Bonchev–Trinajstić information content (AvgIpc) is 2.68. The molecule has 1 unspecified atom stereocenters. The van der Waals surface area contributed by atoms with Crippen molar-refractivity contribution >= 4 is 5.82 Å². The van der Waals surface area contributed by atoms with E-state index in [1.54, 1.807) is 13.3 Å². The Morgan fingerprint density at radius 3 is 2.92 bits per heavy atom. The number of ether oxygens (including phenoxy) is 3. The largest absolute Gasteiger partial charge is 0.493 e. The van der Waals surface area contributed by atoms with Crippen LogP contribution in [0.1, 0.15) is 0 Å². The van der Waals surface area contributed by atoms with Gasteiger partial charge in [0.05, 0.1) is 19.8 Å². The van der Waals surface area contributed by atoms with Gasteiger partial charge in [-0.3, -0.25) is 4.90 Å². The fourth-order valence-corrected chi connectivity index (χ4v) is 2.74. The van der Waals surface area contributed by atoms with E-state index in [1.807, 2.05) is 36.4 Å². The molecule has 1 fully saturated rings. The second-order valence-corrected chi connectivity index (χ2v) is 5.78. The molecule has 2 aromatic rings. The normalized spacial score (nSPS) is 17.9. The molecule has 3 rings (SSSR count). The summed E-state index contributed by atoms with van der Waals surface area (Å²) in [4.78, 5) is 2.35. The molecule has 0 saturated carbocycles. The van der Waals surface area contributed by atoms with Gasteiger partial charge < -0.3 is 19.5 Å². The Morgan fingerprint density at radius 1 is 1.24 bits per heavy atom. The van der Waals surface area contributed by atoms with Crippen molar-refractivity contribution in [3.05, 3.63) is 42.6 Å². The van der Waals surface area contributed by atoms with Crippen molar-refractivity contribution in [2.45, 2.75) is 6.10 Å². The Balaban J connectivity index is 1.41. The first-order chi connectivity index (χ1) is 12.3. The van der Waals surface area contributed by atoms with E-state index in [-0.39, 0.29) is 6.10 Å². The molecular formula is C18H24N4O3. The average molecular weight is 344 g/mol. The van der Waals surface area contributed by atoms with Gasteiger partial charge in [-0.1, -0.05) is 12.1 Å². The van der Waals surface area contributed by atoms with Crippen LogP contribution in [-0.2, 0) is 4.74 Å². The lowest BCUT2D eigenvalue weighted by Crippen LogP contribution is -2.46. The van der Waals surface area contributed by atoms with Gasteiger partial charge >= 0.3 is 0 Å². The van der Waals surface area contributed by atoms with Crippen LogP contribution in [0.5, 0.6) is 11.5 Å². The Kier molecular flexibility index (Phi) is 6.42. The Hall–Kier alpha value is -2.38. The Labute approximate surface area is 147 Å². The van der Waals surface area contributed by atoms with E-state index in [0.29, 0.717) is 13.2 Å². The van der Waals surface area contributed by atoms with E-state index < -0.39 is 0 Å². The Morgan fingerprint density at radius 2 is 2.12 bits per heavy atom. The quantitative estimate of drug-likeness (QED) is 0.781. The first-order valence-corrected chi connectivity index (χ1v) is 8.46. The van der Waals surface area contributed by atoms with Crippen molar-refractivity contribution in [2.75, 3.05) is 51.8 Å². The lowest BCUT2D eigenvalue weighted by atomic mass is 10.2. The molecule has 2 heterocycles. The van der Waals surface area contributed by atoms with Crippen LogP contribution in [0, 0.1) is 0 Å². The molecule has 1 aliphatic heterocycles. The van der Waals surface area contributed by atoms with Crippen molar-refractivity contribution in [3.8, 4) is 11.5 Å². The molecule has 1 aliphatic rings. The lowest BCUT2D eigenvalue weighted by Gasteiger charge is -2.32. The predicted octanol–water partition coefficient (Wildman–Crippen LogP) is 1.68. The van der Waals surface area contributed by atoms with Gasteiger partial charge in [0.2, 0.25) is 0 Å². The number of methoxy groups -OCH3 is 1. The molecule has 0 radical (unpaired) electrons. The van der Waals surface area contributed by atoms with Gasteiger partial charge in [-0.25, -0.2) is 0 Å². The number of para-hydroxylation sites is 2. The molecule has 1 N–H and O–H groups in total. The highest BCUT2D eigenvalue weighted by molar-refractivity contribution is 5.39. The molecule has 0 aliphatic carbocycles. The van der Waals surface area contributed by atoms with E-state index in [9.17, 15) is 0 Å². The summed E-state index contributed by atoms with van der Waals surface area (Å²) in [6, 6.07) is 11.5. The monoisotopic (exact) mass is 344 g/mol. The van der Waals surface area contributed by atoms with Crippen LogP contribution in [0.2, 0.25) is 0 Å². The fourth-order valence-electron chi connectivity index (χ4n) is 2.74. The van der Waals surface area contributed by atoms with Gasteiger partial charge in [0.15, 0.2) is 11.5 Å². The number of nitrogens with one attached hydrogen (secondary N) is 1. The van der Waals surface area contributed by atoms with Crippen molar-refractivity contribution in [2.24, 2.45) is 0 Å². The number of aromatic nitrogens is 2. The van der Waals surface area contributed by atoms with Crippen LogP contribution in [-0.4, -0.2) is 67.7 Å². The van der Waals surface area contributed by atoms with E-state index in [4.69, 9.17) is 14.2 Å². The number of nitrogens with zero attached hydrogens (tertiary/aromatic N) is 3. The molecule has 134 valence electrons. The number of anilines is 1. The van der Waals surface area contributed by atoms with Crippen LogP contribution in [0.3, 0.4) is 0 Å². The number of rotatable bonds is 8. The maximum absolute atomic E-state index is 5.85. The zero-order valence-corrected chi connectivity index (χ0v) is 14.4. The summed E-state index contributed by atoms with van der Waals surface area (Å²) in [5.41, 5.74) is 0. The van der Waals surface area contributed by atoms with Crippen LogP contribution >= 0.6 is 0 Å². The molecule has 25 heavy (non-hydrogen) atoms. The molecule has 1 saturated heterocycles. The van der Waals surface area contributed by atoms with Crippen molar-refractivity contribution in [1.29, 1.82) is 0 Å². The molecular weight excluding hydrogens is 320 g/mol. The zero-order chi connectivity index (χ0) is 17.3. The predicted molar refractivity (Wildman–Crippen MR) is 95.2 cm³/mol. The Bertz CT molecular complexity index is 641.